The summed E-state index contributed by atoms with van der Waals surface area (Å²) in [5.41, 5.74) is 1.83. The van der Waals surface area contributed by atoms with Crippen LogP contribution in [0.3, 0.4) is 0 Å². The molecule has 0 aliphatic heterocycles. The number of nitrogens with zero attached hydrogens (tertiary/aromatic N) is 1. The summed E-state index contributed by atoms with van der Waals surface area (Å²) in [6.45, 7) is 0. The lowest BCUT2D eigenvalue weighted by Crippen LogP contribution is -2.11. The van der Waals surface area contributed by atoms with E-state index in [4.69, 9.17) is 8.37 Å². The molecule has 10 heteroatoms. The molecule has 1 aliphatic rings. The zero-order valence-electron chi connectivity index (χ0n) is 17.9. The van der Waals surface area contributed by atoms with Crippen LogP contribution >= 0.6 is 0 Å². The largest absolute Gasteiger partial charge is 0.410 e. The van der Waals surface area contributed by atoms with Gasteiger partial charge in [0.05, 0.1) is 0 Å². The predicted octanol–water partition coefficient (Wildman–Crippen LogP) is 4.43. The summed E-state index contributed by atoms with van der Waals surface area (Å²) in [6.07, 6.45) is 0. The summed E-state index contributed by atoms with van der Waals surface area (Å²) in [5.74, 6) is 0.307. The molecule has 176 valence electrons. The van der Waals surface area contributed by atoms with Gasteiger partial charge in [0.15, 0.2) is 0 Å². The smallest absolute Gasteiger partial charge is 0.339 e. The molecule has 8 nitrogen and oxygen atoms in total. The first kappa shape index (κ1) is 22.6. The molecule has 0 aromatic heterocycles. The summed E-state index contributed by atoms with van der Waals surface area (Å²) < 4.78 is 61.6. The van der Waals surface area contributed by atoms with Crippen LogP contribution < -0.4 is 8.37 Å². The number of rotatable bonds is 6. The summed E-state index contributed by atoms with van der Waals surface area (Å²) in [7, 11) is -8.34. The Kier molecular flexibility index (Phi) is 5.54. The molecule has 0 bridgehead atoms. The van der Waals surface area contributed by atoms with E-state index in [1.807, 2.05) is 0 Å². The molecule has 0 spiro atoms. The van der Waals surface area contributed by atoms with Crippen LogP contribution in [0.1, 0.15) is 11.1 Å². The summed E-state index contributed by atoms with van der Waals surface area (Å²) in [4.78, 5) is -0.288. The average Bonchev–Trinajstić information content (AvgIpc) is 3.17. The molecule has 0 unspecified atom stereocenters. The van der Waals surface area contributed by atoms with Crippen LogP contribution in [-0.4, -0.2) is 27.8 Å². The first-order valence-electron chi connectivity index (χ1n) is 10.3. The predicted molar refractivity (Wildman–Crippen MR) is 128 cm³/mol. The molecule has 5 rings (SSSR count). The second-order valence-corrected chi connectivity index (χ2v) is 10.7. The van der Waals surface area contributed by atoms with E-state index in [0.717, 1.165) is 0 Å². The molecule has 1 aliphatic carbocycles. The zero-order valence-corrected chi connectivity index (χ0v) is 19.5. The van der Waals surface area contributed by atoms with Gasteiger partial charge in [0.25, 0.3) is 0 Å². The molecule has 0 saturated carbocycles. The number of hydrogen-bond acceptors (Lipinski definition) is 8. The van der Waals surface area contributed by atoms with Crippen molar-refractivity contribution in [1.29, 1.82) is 0 Å². The molecule has 1 N–H and O–H groups in total. The van der Waals surface area contributed by atoms with Crippen LogP contribution in [0.2, 0.25) is 0 Å². The van der Waals surface area contributed by atoms with E-state index in [0.29, 0.717) is 22.3 Å². The van der Waals surface area contributed by atoms with Crippen molar-refractivity contribution in [3.05, 3.63) is 108 Å². The zero-order chi connectivity index (χ0) is 24.6. The van der Waals surface area contributed by atoms with E-state index in [1.165, 1.54) is 48.5 Å². The fourth-order valence-electron chi connectivity index (χ4n) is 3.77. The Morgan fingerprint density at radius 1 is 0.543 bits per heavy atom. The summed E-state index contributed by atoms with van der Waals surface area (Å²) in [5, 5.41) is 13.1. The van der Waals surface area contributed by atoms with Gasteiger partial charge in [0, 0.05) is 11.1 Å². The number of fused-ring (bicyclic) bond motifs is 3. The van der Waals surface area contributed by atoms with Crippen molar-refractivity contribution in [2.24, 2.45) is 5.16 Å². The van der Waals surface area contributed by atoms with Gasteiger partial charge in [-0.15, -0.1) is 0 Å². The third-order valence-electron chi connectivity index (χ3n) is 5.36. The Balaban J connectivity index is 1.51. The maximum Gasteiger partial charge on any atom is 0.339 e. The molecular weight excluding hydrogens is 490 g/mol. The van der Waals surface area contributed by atoms with E-state index in [-0.39, 0.29) is 27.0 Å². The van der Waals surface area contributed by atoms with Gasteiger partial charge in [-0.1, -0.05) is 53.7 Å². The maximum absolute atomic E-state index is 12.8. The second kappa shape index (κ2) is 8.57. The van der Waals surface area contributed by atoms with Crippen molar-refractivity contribution < 1.29 is 30.4 Å². The molecule has 0 saturated heterocycles. The number of oxime groups is 1. The standard InChI is InChI=1S/C25H17NO7S2/c27-26-25-23-15-19(34(28,29)32-17-7-3-1-4-8-17)11-13-21(23)22-14-12-20(16-24(22)25)35(30,31)33-18-9-5-2-6-10-18/h1-16,27H. The average molecular weight is 508 g/mol. The van der Waals surface area contributed by atoms with Crippen LogP contribution in [0.4, 0.5) is 0 Å². The minimum absolute atomic E-state index is 0.0310. The van der Waals surface area contributed by atoms with E-state index >= 15 is 0 Å². The lowest BCUT2D eigenvalue weighted by atomic mass is 10.1. The highest BCUT2D eigenvalue weighted by Gasteiger charge is 2.30. The van der Waals surface area contributed by atoms with E-state index < -0.39 is 20.2 Å². The highest BCUT2D eigenvalue weighted by molar-refractivity contribution is 7.87. The molecule has 4 aromatic carbocycles. The fourth-order valence-corrected chi connectivity index (χ4v) is 5.69. The van der Waals surface area contributed by atoms with Gasteiger partial charge in [-0.05, 0) is 59.7 Å². The lowest BCUT2D eigenvalue weighted by molar-refractivity contribution is 0.320. The van der Waals surface area contributed by atoms with Gasteiger partial charge in [-0.3, -0.25) is 0 Å². The van der Waals surface area contributed by atoms with Crippen molar-refractivity contribution in [1.82, 2.24) is 0 Å². The minimum atomic E-state index is -4.17. The second-order valence-electron chi connectivity index (χ2n) is 7.56. The molecule has 0 radical (unpaired) electrons. The molecule has 0 fully saturated rings. The summed E-state index contributed by atoms with van der Waals surface area (Å²) in [6, 6.07) is 24.6. The van der Waals surface area contributed by atoms with Crippen molar-refractivity contribution in [3.63, 3.8) is 0 Å². The molecule has 35 heavy (non-hydrogen) atoms. The number of para-hydroxylation sites is 2. The topological polar surface area (TPSA) is 119 Å². The molecule has 0 amide bonds. The van der Waals surface area contributed by atoms with Crippen LogP contribution in [0.5, 0.6) is 11.5 Å². The van der Waals surface area contributed by atoms with Gasteiger partial charge >= 0.3 is 20.2 Å². The van der Waals surface area contributed by atoms with E-state index in [1.54, 1.807) is 48.5 Å². The molecular formula is C25H17NO7S2. The number of benzene rings is 4. The Hall–Kier alpha value is -4.15. The van der Waals surface area contributed by atoms with Crippen LogP contribution in [-0.2, 0) is 20.2 Å². The first-order valence-corrected chi connectivity index (χ1v) is 13.1. The first-order chi connectivity index (χ1) is 16.8. The van der Waals surface area contributed by atoms with Crippen molar-refractivity contribution in [3.8, 4) is 22.6 Å². The molecule has 4 aromatic rings. The normalized spacial score (nSPS) is 12.5. The van der Waals surface area contributed by atoms with Gasteiger partial charge in [-0.25, -0.2) is 0 Å². The highest BCUT2D eigenvalue weighted by Crippen LogP contribution is 2.39. The highest BCUT2D eigenvalue weighted by atomic mass is 32.2. The van der Waals surface area contributed by atoms with Crippen LogP contribution in [0, 0.1) is 0 Å². The molecule has 0 heterocycles. The van der Waals surface area contributed by atoms with E-state index in [2.05, 4.69) is 5.16 Å². The lowest BCUT2D eigenvalue weighted by Gasteiger charge is -2.09. The Morgan fingerprint density at radius 3 is 1.31 bits per heavy atom. The Bertz CT molecular complexity index is 1540. The fraction of sp³-hybridized carbons (Fsp3) is 0. The van der Waals surface area contributed by atoms with Gasteiger partial charge < -0.3 is 13.6 Å². The third-order valence-corrected chi connectivity index (χ3v) is 7.84. The third kappa shape index (κ3) is 4.25. The van der Waals surface area contributed by atoms with Gasteiger partial charge in [-0.2, -0.15) is 16.8 Å². The minimum Gasteiger partial charge on any atom is -0.410 e. The van der Waals surface area contributed by atoms with Crippen molar-refractivity contribution in [2.45, 2.75) is 9.79 Å². The molecule has 0 atom stereocenters. The SMILES string of the molecule is O=S(=O)(Oc1ccccc1)c1ccc2c(c1)C(=NO)c1cc(S(=O)(=O)Oc3ccccc3)ccc1-2. The summed E-state index contributed by atoms with van der Waals surface area (Å²) >= 11 is 0. The van der Waals surface area contributed by atoms with Crippen LogP contribution in [0.25, 0.3) is 11.1 Å². The van der Waals surface area contributed by atoms with Crippen molar-refractivity contribution in [2.75, 3.05) is 0 Å². The van der Waals surface area contributed by atoms with E-state index in [9.17, 15) is 22.0 Å². The number of hydrogen-bond donors (Lipinski definition) is 1. The van der Waals surface area contributed by atoms with Gasteiger partial charge in [0.1, 0.15) is 27.0 Å². The Morgan fingerprint density at radius 2 is 0.943 bits per heavy atom. The monoisotopic (exact) mass is 507 g/mol. The van der Waals surface area contributed by atoms with Crippen LogP contribution in [0.15, 0.2) is 112 Å². The van der Waals surface area contributed by atoms with Crippen molar-refractivity contribution >= 4 is 25.9 Å². The Labute approximate surface area is 202 Å². The maximum atomic E-state index is 12.8. The van der Waals surface area contributed by atoms with Gasteiger partial charge in [0.2, 0.25) is 0 Å². The quantitative estimate of drug-likeness (QED) is 0.205.